The summed E-state index contributed by atoms with van der Waals surface area (Å²) in [5.41, 5.74) is 6.84. The van der Waals surface area contributed by atoms with E-state index < -0.39 is 12.1 Å². The Morgan fingerprint density at radius 1 is 1.41 bits per heavy atom. The third-order valence-corrected chi connectivity index (χ3v) is 2.50. The fraction of sp³-hybridized carbons (Fsp3) is 0.462. The van der Waals surface area contributed by atoms with E-state index in [1.165, 1.54) is 0 Å². The lowest BCUT2D eigenvalue weighted by Gasteiger charge is -2.12. The van der Waals surface area contributed by atoms with Crippen molar-refractivity contribution in [1.29, 1.82) is 0 Å². The number of nitrogens with two attached hydrogens (primary N) is 1. The molecule has 0 saturated carbocycles. The number of carbonyl (C=O) groups is 1. The number of amides is 1. The third-order valence-electron chi connectivity index (χ3n) is 2.50. The van der Waals surface area contributed by atoms with Crippen LogP contribution >= 0.6 is 0 Å². The van der Waals surface area contributed by atoms with Gasteiger partial charge in [-0.25, -0.2) is 0 Å². The molecule has 0 bridgehead atoms. The van der Waals surface area contributed by atoms with Crippen molar-refractivity contribution in [3.63, 3.8) is 0 Å². The van der Waals surface area contributed by atoms with E-state index in [-0.39, 0.29) is 5.91 Å². The highest BCUT2D eigenvalue weighted by atomic mass is 16.3. The summed E-state index contributed by atoms with van der Waals surface area (Å²) in [6.07, 6.45) is 0.672. The minimum Gasteiger partial charge on any atom is -0.393 e. The van der Waals surface area contributed by atoms with Gasteiger partial charge in [-0.3, -0.25) is 4.79 Å². The minimum atomic E-state index is -0.536. The second-order valence-electron chi connectivity index (χ2n) is 4.22. The van der Waals surface area contributed by atoms with Crippen LogP contribution in [0.25, 0.3) is 0 Å². The van der Waals surface area contributed by atoms with Gasteiger partial charge in [0.2, 0.25) is 5.91 Å². The molecule has 94 valence electrons. The van der Waals surface area contributed by atoms with E-state index in [1.807, 2.05) is 30.3 Å². The molecular formula is C13H20N2O2. The van der Waals surface area contributed by atoms with Crippen molar-refractivity contribution in [2.24, 2.45) is 5.73 Å². The first kappa shape index (κ1) is 13.7. The second-order valence-corrected chi connectivity index (χ2v) is 4.22. The number of rotatable bonds is 6. The molecule has 4 heteroatoms. The Balaban J connectivity index is 2.32. The third kappa shape index (κ3) is 5.47. The smallest absolute Gasteiger partial charge is 0.237 e. The van der Waals surface area contributed by atoms with Gasteiger partial charge in [0, 0.05) is 6.54 Å². The van der Waals surface area contributed by atoms with Gasteiger partial charge < -0.3 is 16.2 Å². The molecule has 0 spiro atoms. The van der Waals surface area contributed by atoms with Crippen LogP contribution in [0.2, 0.25) is 0 Å². The molecule has 1 aromatic carbocycles. The predicted molar refractivity (Wildman–Crippen MR) is 67.4 cm³/mol. The summed E-state index contributed by atoms with van der Waals surface area (Å²) in [5, 5.41) is 11.8. The Labute approximate surface area is 102 Å². The van der Waals surface area contributed by atoms with Crippen molar-refractivity contribution in [2.75, 3.05) is 6.54 Å². The van der Waals surface area contributed by atoms with Crippen molar-refractivity contribution in [1.82, 2.24) is 5.32 Å². The van der Waals surface area contributed by atoms with Crippen molar-refractivity contribution < 1.29 is 9.90 Å². The van der Waals surface area contributed by atoms with Crippen LogP contribution in [0.4, 0.5) is 0 Å². The predicted octanol–water partition coefficient (Wildman–Crippen LogP) is 0.444. The van der Waals surface area contributed by atoms with E-state index in [1.54, 1.807) is 6.92 Å². The average molecular weight is 236 g/mol. The molecule has 0 saturated heterocycles. The van der Waals surface area contributed by atoms with Gasteiger partial charge in [0.15, 0.2) is 0 Å². The topological polar surface area (TPSA) is 75.3 Å². The van der Waals surface area contributed by atoms with Crippen molar-refractivity contribution in [3.8, 4) is 0 Å². The van der Waals surface area contributed by atoms with Crippen LogP contribution in [0.3, 0.4) is 0 Å². The summed E-state index contributed by atoms with van der Waals surface area (Å²) in [7, 11) is 0. The first-order valence-corrected chi connectivity index (χ1v) is 5.85. The highest BCUT2D eigenvalue weighted by Crippen LogP contribution is 2.01. The van der Waals surface area contributed by atoms with E-state index in [0.29, 0.717) is 19.4 Å². The highest BCUT2D eigenvalue weighted by molar-refractivity contribution is 5.81. The molecule has 0 heterocycles. The van der Waals surface area contributed by atoms with Crippen LogP contribution in [0.1, 0.15) is 18.9 Å². The number of carbonyl (C=O) groups excluding carboxylic acids is 1. The van der Waals surface area contributed by atoms with Gasteiger partial charge >= 0.3 is 0 Å². The quantitative estimate of drug-likeness (QED) is 0.671. The number of aliphatic hydroxyl groups excluding tert-OH is 1. The Morgan fingerprint density at radius 2 is 2.06 bits per heavy atom. The molecule has 0 aromatic heterocycles. The Morgan fingerprint density at radius 3 is 2.65 bits per heavy atom. The zero-order valence-electron chi connectivity index (χ0n) is 10.1. The molecule has 0 radical (unpaired) electrons. The Hall–Kier alpha value is -1.39. The lowest BCUT2D eigenvalue weighted by Crippen LogP contribution is -2.42. The minimum absolute atomic E-state index is 0.172. The zero-order valence-corrected chi connectivity index (χ0v) is 10.1. The number of nitrogens with one attached hydrogen (secondary N) is 1. The summed E-state index contributed by atoms with van der Waals surface area (Å²) in [6.45, 7) is 2.15. The van der Waals surface area contributed by atoms with E-state index in [0.717, 1.165) is 5.56 Å². The lowest BCUT2D eigenvalue weighted by molar-refractivity contribution is -0.122. The molecule has 1 aromatic rings. The molecular weight excluding hydrogens is 216 g/mol. The van der Waals surface area contributed by atoms with E-state index in [9.17, 15) is 4.79 Å². The molecule has 0 fully saturated rings. The fourth-order valence-electron chi connectivity index (χ4n) is 1.50. The maximum atomic E-state index is 11.6. The largest absolute Gasteiger partial charge is 0.393 e. The molecule has 2 atom stereocenters. The monoisotopic (exact) mass is 236 g/mol. The normalized spacial score (nSPS) is 14.1. The van der Waals surface area contributed by atoms with Crippen LogP contribution in [0.5, 0.6) is 0 Å². The van der Waals surface area contributed by atoms with Crippen LogP contribution < -0.4 is 11.1 Å². The Kier molecular flexibility index (Phi) is 5.66. The molecule has 4 nitrogen and oxygen atoms in total. The van der Waals surface area contributed by atoms with Gasteiger partial charge in [-0.2, -0.15) is 0 Å². The van der Waals surface area contributed by atoms with Crippen molar-refractivity contribution >= 4 is 5.91 Å². The molecule has 17 heavy (non-hydrogen) atoms. The molecule has 1 rings (SSSR count). The van der Waals surface area contributed by atoms with Gasteiger partial charge in [-0.15, -0.1) is 0 Å². The van der Waals surface area contributed by atoms with Gasteiger partial charge in [-0.1, -0.05) is 30.3 Å². The number of hydrogen-bond acceptors (Lipinski definition) is 3. The molecule has 0 aliphatic heterocycles. The van der Waals surface area contributed by atoms with Crippen LogP contribution in [-0.2, 0) is 11.2 Å². The van der Waals surface area contributed by atoms with Gasteiger partial charge in [0.05, 0.1) is 12.1 Å². The van der Waals surface area contributed by atoms with Gasteiger partial charge in [0.1, 0.15) is 0 Å². The van der Waals surface area contributed by atoms with Crippen LogP contribution in [0.15, 0.2) is 30.3 Å². The number of hydrogen-bond donors (Lipinski definition) is 3. The summed E-state index contributed by atoms with van der Waals surface area (Å²) >= 11 is 0. The molecule has 1 amide bonds. The van der Waals surface area contributed by atoms with Crippen molar-refractivity contribution in [2.45, 2.75) is 31.9 Å². The average Bonchev–Trinajstić information content (AvgIpc) is 2.29. The zero-order chi connectivity index (χ0) is 12.7. The summed E-state index contributed by atoms with van der Waals surface area (Å²) in [5.74, 6) is -0.172. The fourth-order valence-corrected chi connectivity index (χ4v) is 1.50. The first-order chi connectivity index (χ1) is 8.09. The second kappa shape index (κ2) is 7.04. The summed E-state index contributed by atoms with van der Waals surface area (Å²) < 4.78 is 0. The van der Waals surface area contributed by atoms with E-state index in [2.05, 4.69) is 5.32 Å². The van der Waals surface area contributed by atoms with E-state index in [4.69, 9.17) is 10.8 Å². The van der Waals surface area contributed by atoms with Crippen LogP contribution in [0, 0.1) is 0 Å². The molecule has 4 N–H and O–H groups in total. The molecule has 0 aliphatic rings. The first-order valence-electron chi connectivity index (χ1n) is 5.85. The summed E-state index contributed by atoms with van der Waals surface area (Å²) in [6, 6.07) is 9.14. The number of benzene rings is 1. The number of aliphatic hydroxyl groups is 1. The SMILES string of the molecule is C[C@H](O)CCNC(=O)[C@@H](N)Cc1ccccc1. The maximum absolute atomic E-state index is 11.6. The van der Waals surface area contributed by atoms with Gasteiger partial charge in [0.25, 0.3) is 0 Å². The molecule has 0 unspecified atom stereocenters. The Bertz CT molecular complexity index is 339. The van der Waals surface area contributed by atoms with Gasteiger partial charge in [-0.05, 0) is 25.3 Å². The highest BCUT2D eigenvalue weighted by Gasteiger charge is 2.13. The van der Waals surface area contributed by atoms with E-state index >= 15 is 0 Å². The molecule has 0 aliphatic carbocycles. The maximum Gasteiger partial charge on any atom is 0.237 e. The van der Waals surface area contributed by atoms with Crippen molar-refractivity contribution in [3.05, 3.63) is 35.9 Å². The lowest BCUT2D eigenvalue weighted by atomic mass is 10.1. The standard InChI is InChI=1S/C13H20N2O2/c1-10(16)7-8-15-13(17)12(14)9-11-5-3-2-4-6-11/h2-6,10,12,16H,7-9,14H2,1H3,(H,15,17)/t10-,12-/m0/s1. The van der Waals surface area contributed by atoms with Crippen LogP contribution in [-0.4, -0.2) is 29.7 Å². The summed E-state index contributed by atoms with van der Waals surface area (Å²) in [4.78, 5) is 11.6.